The number of ether oxygens (including phenoxy) is 2. The molecule has 0 heterocycles. The highest BCUT2D eigenvalue weighted by Gasteiger charge is 2.12. The molecule has 4 N–H and O–H groups in total. The third kappa shape index (κ3) is 7.71. The Hall–Kier alpha value is -3.26. The lowest BCUT2D eigenvalue weighted by molar-refractivity contribution is -0.123. The molecule has 2 rings (SSSR count). The average Bonchev–Trinajstić information content (AvgIpc) is 2.69. The van der Waals surface area contributed by atoms with Gasteiger partial charge in [0.2, 0.25) is 0 Å². The van der Waals surface area contributed by atoms with Crippen LogP contribution in [0.2, 0.25) is 5.02 Å². The summed E-state index contributed by atoms with van der Waals surface area (Å²) in [5.41, 5.74) is 8.67. The molecule has 0 spiro atoms. The summed E-state index contributed by atoms with van der Waals surface area (Å²) >= 11 is 6.21. The van der Waals surface area contributed by atoms with Gasteiger partial charge in [-0.1, -0.05) is 41.9 Å². The van der Waals surface area contributed by atoms with Gasteiger partial charge in [-0.2, -0.15) is 5.10 Å². The van der Waals surface area contributed by atoms with E-state index < -0.39 is 6.03 Å². The topological polar surface area (TPSA) is 115 Å². The second-order valence-electron chi connectivity index (χ2n) is 5.86. The second kappa shape index (κ2) is 11.6. The summed E-state index contributed by atoms with van der Waals surface area (Å²) in [5.74, 6) is 0.473. The van der Waals surface area contributed by atoms with Crippen LogP contribution in [-0.2, 0) is 11.2 Å². The van der Waals surface area contributed by atoms with Crippen LogP contribution in [0, 0.1) is 0 Å². The number of nitrogens with one attached hydrogen (secondary N) is 2. The molecule has 0 unspecified atom stereocenters. The fourth-order valence-electron chi connectivity index (χ4n) is 2.38. The monoisotopic (exact) mass is 418 g/mol. The molecule has 0 saturated carbocycles. The molecule has 0 aliphatic heterocycles. The van der Waals surface area contributed by atoms with E-state index in [9.17, 15) is 9.59 Å². The van der Waals surface area contributed by atoms with Crippen molar-refractivity contribution in [3.8, 4) is 11.5 Å². The SMILES string of the molecule is CCOc1cc(C=NNC(N)=O)c(Cl)cc1OCC(=O)NCCc1ccccc1. The number of nitrogens with zero attached hydrogens (tertiary/aromatic N) is 1. The largest absolute Gasteiger partial charge is 0.490 e. The van der Waals surface area contributed by atoms with Gasteiger partial charge in [0.05, 0.1) is 17.8 Å². The number of rotatable bonds is 10. The first-order valence-corrected chi connectivity index (χ1v) is 9.35. The maximum absolute atomic E-state index is 12.0. The standard InChI is InChI=1S/C20H23ClN4O4/c1-2-28-17-10-15(12-24-25-20(22)27)16(21)11-18(17)29-13-19(26)23-9-8-14-6-4-3-5-7-14/h3-7,10-12H,2,8-9,13H2,1H3,(H,23,26)(H3,22,25,27). The summed E-state index contributed by atoms with van der Waals surface area (Å²) < 4.78 is 11.1. The first kappa shape index (κ1) is 22.0. The summed E-state index contributed by atoms with van der Waals surface area (Å²) in [6, 6.07) is 12.2. The van der Waals surface area contributed by atoms with Gasteiger partial charge in [0.1, 0.15) is 0 Å². The van der Waals surface area contributed by atoms with Crippen LogP contribution < -0.4 is 25.9 Å². The zero-order valence-corrected chi connectivity index (χ0v) is 16.7. The number of hydrazone groups is 1. The van der Waals surface area contributed by atoms with Crippen LogP contribution in [0.3, 0.4) is 0 Å². The van der Waals surface area contributed by atoms with E-state index in [0.29, 0.717) is 35.2 Å². The Kier molecular flexibility index (Phi) is 8.78. The van der Waals surface area contributed by atoms with Crippen LogP contribution in [0.4, 0.5) is 4.79 Å². The summed E-state index contributed by atoms with van der Waals surface area (Å²) in [6.45, 7) is 2.53. The number of hydrogen-bond donors (Lipinski definition) is 3. The van der Waals surface area contributed by atoms with Gasteiger partial charge in [0.15, 0.2) is 18.1 Å². The normalized spacial score (nSPS) is 10.6. The Morgan fingerprint density at radius 1 is 1.17 bits per heavy atom. The van der Waals surface area contributed by atoms with Gasteiger partial charge < -0.3 is 20.5 Å². The van der Waals surface area contributed by atoms with Crippen LogP contribution >= 0.6 is 11.6 Å². The van der Waals surface area contributed by atoms with Crippen molar-refractivity contribution < 1.29 is 19.1 Å². The van der Waals surface area contributed by atoms with Crippen molar-refractivity contribution in [2.75, 3.05) is 19.8 Å². The van der Waals surface area contributed by atoms with E-state index >= 15 is 0 Å². The number of carbonyl (C=O) groups is 2. The summed E-state index contributed by atoms with van der Waals surface area (Å²) in [4.78, 5) is 22.7. The number of amides is 3. The highest BCUT2D eigenvalue weighted by molar-refractivity contribution is 6.33. The summed E-state index contributed by atoms with van der Waals surface area (Å²) in [6.07, 6.45) is 2.06. The number of hydrogen-bond acceptors (Lipinski definition) is 5. The summed E-state index contributed by atoms with van der Waals surface area (Å²) in [7, 11) is 0. The van der Waals surface area contributed by atoms with Crippen LogP contribution in [0.5, 0.6) is 11.5 Å². The van der Waals surface area contributed by atoms with Gasteiger partial charge in [-0.25, -0.2) is 10.2 Å². The maximum Gasteiger partial charge on any atom is 0.332 e. The zero-order valence-electron chi connectivity index (χ0n) is 16.0. The highest BCUT2D eigenvalue weighted by atomic mass is 35.5. The first-order valence-electron chi connectivity index (χ1n) is 8.98. The minimum Gasteiger partial charge on any atom is -0.490 e. The molecular weight excluding hydrogens is 396 g/mol. The molecule has 0 fully saturated rings. The predicted molar refractivity (Wildman–Crippen MR) is 112 cm³/mol. The Labute approximate surface area is 174 Å². The van der Waals surface area contributed by atoms with Crippen molar-refractivity contribution in [2.24, 2.45) is 10.8 Å². The van der Waals surface area contributed by atoms with Gasteiger partial charge in [0.25, 0.3) is 5.91 Å². The van der Waals surface area contributed by atoms with E-state index in [1.807, 2.05) is 37.3 Å². The Morgan fingerprint density at radius 2 is 1.90 bits per heavy atom. The lowest BCUT2D eigenvalue weighted by atomic mass is 10.1. The molecule has 0 aromatic heterocycles. The minimum absolute atomic E-state index is 0.179. The van der Waals surface area contributed by atoms with Crippen LogP contribution in [0.1, 0.15) is 18.1 Å². The first-order chi connectivity index (χ1) is 14.0. The molecule has 0 saturated heterocycles. The van der Waals surface area contributed by atoms with Gasteiger partial charge in [-0.05, 0) is 25.0 Å². The lowest BCUT2D eigenvalue weighted by Crippen LogP contribution is -2.30. The molecular formula is C20H23ClN4O4. The third-order valence-electron chi connectivity index (χ3n) is 3.68. The molecule has 154 valence electrons. The molecule has 0 aliphatic carbocycles. The van der Waals surface area contributed by atoms with E-state index in [1.165, 1.54) is 12.3 Å². The van der Waals surface area contributed by atoms with Crippen molar-refractivity contribution in [3.63, 3.8) is 0 Å². The number of nitrogens with two attached hydrogens (primary N) is 1. The Morgan fingerprint density at radius 3 is 2.59 bits per heavy atom. The molecule has 0 bridgehead atoms. The number of urea groups is 1. The van der Waals surface area contributed by atoms with Crippen molar-refractivity contribution in [1.29, 1.82) is 0 Å². The third-order valence-corrected chi connectivity index (χ3v) is 4.01. The molecule has 2 aromatic rings. The van der Waals surface area contributed by atoms with E-state index in [1.54, 1.807) is 6.07 Å². The Balaban J connectivity index is 1.94. The summed E-state index contributed by atoms with van der Waals surface area (Å²) in [5, 5.41) is 6.79. The highest BCUT2D eigenvalue weighted by Crippen LogP contribution is 2.33. The van der Waals surface area contributed by atoms with Gasteiger partial charge >= 0.3 is 6.03 Å². The van der Waals surface area contributed by atoms with E-state index in [4.69, 9.17) is 26.8 Å². The smallest absolute Gasteiger partial charge is 0.332 e. The van der Waals surface area contributed by atoms with E-state index in [0.717, 1.165) is 12.0 Å². The van der Waals surface area contributed by atoms with Crippen LogP contribution in [0.25, 0.3) is 0 Å². The van der Waals surface area contributed by atoms with E-state index in [2.05, 4.69) is 15.8 Å². The number of halogens is 1. The van der Waals surface area contributed by atoms with Crippen molar-refractivity contribution in [1.82, 2.24) is 10.7 Å². The van der Waals surface area contributed by atoms with Crippen molar-refractivity contribution >= 4 is 29.8 Å². The van der Waals surface area contributed by atoms with E-state index in [-0.39, 0.29) is 12.5 Å². The molecule has 8 nitrogen and oxygen atoms in total. The average molecular weight is 419 g/mol. The molecule has 0 radical (unpaired) electrons. The molecule has 9 heteroatoms. The second-order valence-corrected chi connectivity index (χ2v) is 6.27. The molecule has 29 heavy (non-hydrogen) atoms. The molecule has 3 amide bonds. The quantitative estimate of drug-likeness (QED) is 0.406. The number of benzene rings is 2. The zero-order chi connectivity index (χ0) is 21.1. The molecule has 0 aliphatic rings. The molecule has 2 aromatic carbocycles. The van der Waals surface area contributed by atoms with Crippen molar-refractivity contribution in [2.45, 2.75) is 13.3 Å². The van der Waals surface area contributed by atoms with Crippen LogP contribution in [-0.4, -0.2) is 37.9 Å². The number of carbonyl (C=O) groups excluding carboxylic acids is 2. The van der Waals surface area contributed by atoms with Crippen molar-refractivity contribution in [3.05, 3.63) is 58.6 Å². The minimum atomic E-state index is -0.791. The van der Waals surface area contributed by atoms with Gasteiger partial charge in [-0.15, -0.1) is 0 Å². The predicted octanol–water partition coefficient (Wildman–Crippen LogP) is 2.48. The maximum atomic E-state index is 12.0. The van der Waals surface area contributed by atoms with Gasteiger partial charge in [0, 0.05) is 18.2 Å². The fraction of sp³-hybridized carbons (Fsp3) is 0.250. The Bertz CT molecular complexity index is 859. The fourth-order valence-corrected chi connectivity index (χ4v) is 2.58. The van der Waals surface area contributed by atoms with Crippen LogP contribution in [0.15, 0.2) is 47.6 Å². The number of primary amides is 1. The van der Waals surface area contributed by atoms with Gasteiger partial charge in [-0.3, -0.25) is 4.79 Å². The lowest BCUT2D eigenvalue weighted by Gasteiger charge is -2.13. The molecule has 0 atom stereocenters.